The second-order valence-electron chi connectivity index (χ2n) is 5.37. The van der Waals surface area contributed by atoms with E-state index >= 15 is 0 Å². The Morgan fingerprint density at radius 2 is 1.90 bits per heavy atom. The molecule has 0 atom stereocenters. The Bertz CT molecular complexity index is 322. The number of amides is 1. The molecule has 1 heterocycles. The van der Waals surface area contributed by atoms with Crippen LogP contribution in [0.1, 0.15) is 25.7 Å². The lowest BCUT2D eigenvalue weighted by Crippen LogP contribution is -2.50. The van der Waals surface area contributed by atoms with Crippen LogP contribution in [0.3, 0.4) is 0 Å². The van der Waals surface area contributed by atoms with Crippen LogP contribution in [0, 0.1) is 5.41 Å². The molecule has 6 nitrogen and oxygen atoms in total. The maximum Gasteiger partial charge on any atom is 0.305 e. The molecule has 0 aromatic carbocycles. The number of methoxy groups -OCH3 is 2. The molecule has 1 aliphatic heterocycles. The summed E-state index contributed by atoms with van der Waals surface area (Å²) in [6, 6.07) is 0. The van der Waals surface area contributed by atoms with E-state index in [2.05, 4.69) is 10.1 Å². The summed E-state index contributed by atoms with van der Waals surface area (Å²) in [6.45, 7) is 2.69. The summed E-state index contributed by atoms with van der Waals surface area (Å²) in [6.07, 6.45) is 2.55. The summed E-state index contributed by atoms with van der Waals surface area (Å²) < 4.78 is 9.86. The predicted molar refractivity (Wildman–Crippen MR) is 75.3 cm³/mol. The average molecular weight is 286 g/mol. The molecule has 0 spiro atoms. The van der Waals surface area contributed by atoms with E-state index in [0.29, 0.717) is 26.0 Å². The summed E-state index contributed by atoms with van der Waals surface area (Å²) in [5, 5.41) is 3.27. The van der Waals surface area contributed by atoms with E-state index in [1.807, 2.05) is 0 Å². The van der Waals surface area contributed by atoms with Crippen molar-refractivity contribution in [1.82, 2.24) is 10.2 Å². The zero-order chi connectivity index (χ0) is 15.0. The SMILES string of the molecule is COCC1(C(=O)N(C)CCCC(=O)OC)CCNCC1. The van der Waals surface area contributed by atoms with E-state index in [1.165, 1.54) is 7.11 Å². The molecule has 0 aliphatic carbocycles. The fourth-order valence-corrected chi connectivity index (χ4v) is 2.67. The highest BCUT2D eigenvalue weighted by Gasteiger charge is 2.41. The van der Waals surface area contributed by atoms with E-state index in [-0.39, 0.29) is 11.9 Å². The first-order valence-electron chi connectivity index (χ1n) is 7.08. The molecule has 116 valence electrons. The number of carbonyl (C=O) groups excluding carboxylic acids is 2. The van der Waals surface area contributed by atoms with Gasteiger partial charge in [0.1, 0.15) is 0 Å². The van der Waals surface area contributed by atoms with Crippen molar-refractivity contribution in [3.8, 4) is 0 Å². The van der Waals surface area contributed by atoms with Gasteiger partial charge in [0.05, 0.1) is 19.1 Å². The van der Waals surface area contributed by atoms with Crippen LogP contribution in [-0.2, 0) is 19.1 Å². The minimum absolute atomic E-state index is 0.116. The van der Waals surface area contributed by atoms with Crippen molar-refractivity contribution in [2.45, 2.75) is 25.7 Å². The van der Waals surface area contributed by atoms with Crippen LogP contribution in [0.15, 0.2) is 0 Å². The molecule has 0 radical (unpaired) electrons. The minimum atomic E-state index is -0.417. The first-order chi connectivity index (χ1) is 9.55. The van der Waals surface area contributed by atoms with Crippen LogP contribution in [0.2, 0.25) is 0 Å². The normalized spacial score (nSPS) is 17.6. The lowest BCUT2D eigenvalue weighted by Gasteiger charge is -2.38. The van der Waals surface area contributed by atoms with Gasteiger partial charge < -0.3 is 19.7 Å². The Morgan fingerprint density at radius 1 is 1.25 bits per heavy atom. The maximum absolute atomic E-state index is 12.7. The number of nitrogens with one attached hydrogen (secondary N) is 1. The lowest BCUT2D eigenvalue weighted by molar-refractivity contribution is -0.147. The number of nitrogens with zero attached hydrogens (tertiary/aromatic N) is 1. The molecular weight excluding hydrogens is 260 g/mol. The van der Waals surface area contributed by atoms with Crippen LogP contribution in [0.5, 0.6) is 0 Å². The Kier molecular flexibility index (Phi) is 6.95. The van der Waals surface area contributed by atoms with Gasteiger partial charge in [-0.15, -0.1) is 0 Å². The Labute approximate surface area is 120 Å². The van der Waals surface area contributed by atoms with Gasteiger partial charge in [0.25, 0.3) is 0 Å². The van der Waals surface area contributed by atoms with Gasteiger partial charge in [-0.25, -0.2) is 0 Å². The molecule has 6 heteroatoms. The zero-order valence-corrected chi connectivity index (χ0v) is 12.7. The number of carbonyl (C=O) groups is 2. The predicted octanol–water partition coefficient (Wildman–Crippen LogP) is 0.414. The standard InChI is InChI=1S/C14H26N2O4/c1-16(10-4-5-12(17)20-3)13(18)14(11-19-2)6-8-15-9-7-14/h15H,4-11H2,1-3H3. The summed E-state index contributed by atoms with van der Waals surface area (Å²) in [5.74, 6) is -0.120. The van der Waals surface area contributed by atoms with Crippen molar-refractivity contribution in [1.29, 1.82) is 0 Å². The van der Waals surface area contributed by atoms with Crippen molar-refractivity contribution in [3.05, 3.63) is 0 Å². The summed E-state index contributed by atoms with van der Waals surface area (Å²) >= 11 is 0. The molecule has 1 fully saturated rings. The van der Waals surface area contributed by atoms with Crippen LogP contribution in [-0.4, -0.2) is 64.3 Å². The zero-order valence-electron chi connectivity index (χ0n) is 12.7. The summed E-state index contributed by atoms with van der Waals surface area (Å²) in [4.78, 5) is 25.4. The van der Waals surface area contributed by atoms with Gasteiger partial charge in [0.2, 0.25) is 5.91 Å². The number of rotatable bonds is 7. The van der Waals surface area contributed by atoms with E-state index in [4.69, 9.17) is 4.74 Å². The molecule has 0 aromatic heterocycles. The number of piperidine rings is 1. The number of hydrogen-bond acceptors (Lipinski definition) is 5. The third kappa shape index (κ3) is 4.45. The van der Waals surface area contributed by atoms with Crippen molar-refractivity contribution in [3.63, 3.8) is 0 Å². The van der Waals surface area contributed by atoms with Gasteiger partial charge in [-0.2, -0.15) is 0 Å². The molecule has 0 saturated carbocycles. The van der Waals surface area contributed by atoms with Crippen LogP contribution >= 0.6 is 0 Å². The number of hydrogen-bond donors (Lipinski definition) is 1. The molecule has 0 aromatic rings. The van der Waals surface area contributed by atoms with E-state index in [1.54, 1.807) is 19.1 Å². The molecular formula is C14H26N2O4. The molecule has 1 aliphatic rings. The van der Waals surface area contributed by atoms with Gasteiger partial charge in [-0.05, 0) is 32.4 Å². The van der Waals surface area contributed by atoms with E-state index in [9.17, 15) is 9.59 Å². The largest absolute Gasteiger partial charge is 0.469 e. The molecule has 1 N–H and O–H groups in total. The second-order valence-corrected chi connectivity index (χ2v) is 5.37. The minimum Gasteiger partial charge on any atom is -0.469 e. The fraction of sp³-hybridized carbons (Fsp3) is 0.857. The summed E-state index contributed by atoms with van der Waals surface area (Å²) in [5.41, 5.74) is -0.417. The van der Waals surface area contributed by atoms with Crippen molar-refractivity contribution < 1.29 is 19.1 Å². The lowest BCUT2D eigenvalue weighted by atomic mass is 9.78. The Morgan fingerprint density at radius 3 is 2.45 bits per heavy atom. The van der Waals surface area contributed by atoms with E-state index in [0.717, 1.165) is 25.9 Å². The van der Waals surface area contributed by atoms with Crippen LogP contribution < -0.4 is 5.32 Å². The van der Waals surface area contributed by atoms with Crippen LogP contribution in [0.4, 0.5) is 0 Å². The molecule has 1 amide bonds. The molecule has 0 unspecified atom stereocenters. The smallest absolute Gasteiger partial charge is 0.305 e. The van der Waals surface area contributed by atoms with Crippen molar-refractivity contribution in [2.75, 3.05) is 47.5 Å². The first-order valence-corrected chi connectivity index (χ1v) is 7.08. The first kappa shape index (κ1) is 16.9. The van der Waals surface area contributed by atoms with Gasteiger partial charge in [-0.3, -0.25) is 9.59 Å². The highest BCUT2D eigenvalue weighted by Crippen LogP contribution is 2.31. The quantitative estimate of drug-likeness (QED) is 0.687. The Balaban J connectivity index is 2.53. The topological polar surface area (TPSA) is 67.9 Å². The van der Waals surface area contributed by atoms with Crippen molar-refractivity contribution >= 4 is 11.9 Å². The Hall–Kier alpha value is -1.14. The molecule has 1 rings (SSSR count). The van der Waals surface area contributed by atoms with E-state index < -0.39 is 5.41 Å². The fourth-order valence-electron chi connectivity index (χ4n) is 2.67. The summed E-state index contributed by atoms with van der Waals surface area (Å²) in [7, 11) is 4.80. The molecule has 0 bridgehead atoms. The third-order valence-corrected chi connectivity index (χ3v) is 3.88. The average Bonchev–Trinajstić information content (AvgIpc) is 2.47. The van der Waals surface area contributed by atoms with Gasteiger partial charge in [-0.1, -0.05) is 0 Å². The monoisotopic (exact) mass is 286 g/mol. The van der Waals surface area contributed by atoms with Crippen LogP contribution in [0.25, 0.3) is 0 Å². The molecule has 20 heavy (non-hydrogen) atoms. The van der Waals surface area contributed by atoms with Gasteiger partial charge in [0.15, 0.2) is 0 Å². The number of ether oxygens (including phenoxy) is 2. The van der Waals surface area contributed by atoms with Gasteiger partial charge in [0, 0.05) is 27.1 Å². The maximum atomic E-state index is 12.7. The van der Waals surface area contributed by atoms with Gasteiger partial charge >= 0.3 is 5.97 Å². The highest BCUT2D eigenvalue weighted by molar-refractivity contribution is 5.83. The molecule has 1 saturated heterocycles. The number of esters is 1. The second kappa shape index (κ2) is 8.21. The third-order valence-electron chi connectivity index (χ3n) is 3.88. The van der Waals surface area contributed by atoms with Crippen molar-refractivity contribution in [2.24, 2.45) is 5.41 Å². The highest BCUT2D eigenvalue weighted by atomic mass is 16.5.